The monoisotopic (exact) mass is 483 g/mol. The number of rotatable bonds is 7. The molecule has 0 fully saturated rings. The highest BCUT2D eigenvalue weighted by Crippen LogP contribution is 2.47. The highest BCUT2D eigenvalue weighted by atomic mass is 35.5. The van der Waals surface area contributed by atoms with Crippen molar-refractivity contribution in [3.63, 3.8) is 0 Å². The summed E-state index contributed by atoms with van der Waals surface area (Å²) in [7, 11) is 3.54. The van der Waals surface area contributed by atoms with Gasteiger partial charge in [0.2, 0.25) is 5.82 Å². The first kappa shape index (κ1) is 23.6. The van der Waals surface area contributed by atoms with Crippen molar-refractivity contribution in [2.45, 2.75) is 56.7 Å². The van der Waals surface area contributed by atoms with Gasteiger partial charge in [-0.25, -0.2) is 0 Å². The fourth-order valence-electron chi connectivity index (χ4n) is 4.09. The van der Waals surface area contributed by atoms with Crippen molar-refractivity contribution in [3.05, 3.63) is 52.5 Å². The molecule has 2 heterocycles. The quantitative estimate of drug-likeness (QED) is 0.285. The van der Waals surface area contributed by atoms with Crippen molar-refractivity contribution in [2.75, 3.05) is 7.11 Å². The Labute approximate surface area is 204 Å². The predicted molar refractivity (Wildman–Crippen MR) is 136 cm³/mol. The smallest absolute Gasteiger partial charge is 0.222 e. The maximum absolute atomic E-state index is 6.15. The molecule has 0 saturated carbocycles. The summed E-state index contributed by atoms with van der Waals surface area (Å²) < 4.78 is 8.10. The van der Waals surface area contributed by atoms with E-state index in [1.807, 2.05) is 23.9 Å². The van der Waals surface area contributed by atoms with Gasteiger partial charge < -0.3 is 9.30 Å². The van der Waals surface area contributed by atoms with Gasteiger partial charge in [-0.05, 0) is 41.5 Å². The molecule has 0 aliphatic rings. The van der Waals surface area contributed by atoms with Crippen LogP contribution in [0.5, 0.6) is 5.75 Å². The highest BCUT2D eigenvalue weighted by Gasteiger charge is 2.28. The van der Waals surface area contributed by atoms with Crippen LogP contribution in [0.4, 0.5) is 0 Å². The lowest BCUT2D eigenvalue weighted by atomic mass is 10.0. The van der Waals surface area contributed by atoms with Crippen molar-refractivity contribution in [1.82, 2.24) is 24.8 Å². The number of tetrazole rings is 1. The first-order valence-corrected chi connectivity index (χ1v) is 12.3. The van der Waals surface area contributed by atoms with Crippen LogP contribution < -0.4 is 4.74 Å². The van der Waals surface area contributed by atoms with Crippen LogP contribution in [0.25, 0.3) is 22.4 Å². The number of halogens is 1. The molecule has 174 valence electrons. The Morgan fingerprint density at radius 1 is 1.09 bits per heavy atom. The van der Waals surface area contributed by atoms with E-state index in [1.165, 1.54) is 20.6 Å². The lowest BCUT2D eigenvalue weighted by Gasteiger charge is -2.19. The largest absolute Gasteiger partial charge is 0.496 e. The van der Waals surface area contributed by atoms with Crippen molar-refractivity contribution in [1.29, 1.82) is 0 Å². The minimum absolute atomic E-state index is 0.0110. The Morgan fingerprint density at radius 3 is 2.39 bits per heavy atom. The van der Waals surface area contributed by atoms with E-state index in [-0.39, 0.29) is 4.75 Å². The van der Waals surface area contributed by atoms with Gasteiger partial charge >= 0.3 is 0 Å². The Kier molecular flexibility index (Phi) is 6.73. The molecule has 2 aromatic carbocycles. The molecule has 33 heavy (non-hydrogen) atoms. The molecule has 0 aliphatic carbocycles. The summed E-state index contributed by atoms with van der Waals surface area (Å²) in [6.45, 7) is 9.56. The van der Waals surface area contributed by atoms with Gasteiger partial charge in [0.05, 0.1) is 19.7 Å². The summed E-state index contributed by atoms with van der Waals surface area (Å²) >= 11 is 7.99. The molecule has 4 aromatic rings. The number of benzene rings is 2. The van der Waals surface area contributed by atoms with Crippen LogP contribution in [-0.2, 0) is 20.0 Å². The van der Waals surface area contributed by atoms with Crippen LogP contribution >= 0.6 is 23.4 Å². The van der Waals surface area contributed by atoms with Crippen molar-refractivity contribution >= 4 is 34.3 Å². The van der Waals surface area contributed by atoms with Gasteiger partial charge in [0.25, 0.3) is 0 Å². The van der Waals surface area contributed by atoms with Crippen molar-refractivity contribution < 1.29 is 4.74 Å². The molecule has 8 heteroatoms. The summed E-state index contributed by atoms with van der Waals surface area (Å²) in [5.41, 5.74) is 4.51. The maximum Gasteiger partial charge on any atom is 0.222 e. The fourth-order valence-corrected chi connectivity index (χ4v) is 5.46. The number of ether oxygens (including phenoxy) is 1. The summed E-state index contributed by atoms with van der Waals surface area (Å²) in [4.78, 5) is 2.68. The zero-order chi connectivity index (χ0) is 23.8. The summed E-state index contributed by atoms with van der Waals surface area (Å²) in [5, 5.41) is 15.1. The number of aryl methyl sites for hydroxylation is 2. The van der Waals surface area contributed by atoms with Crippen LogP contribution in [0.2, 0.25) is 5.02 Å². The topological polar surface area (TPSA) is 57.8 Å². The average molecular weight is 484 g/mol. The standard InChI is InChI=1S/C25H30ClN5OS/c1-7-8-18-20(32-6)14-13-19-21(18)23(33-25(2,3)4)22(24-27-29-30(5)28-24)31(19)15-16-9-11-17(26)12-10-16/h9-14H,7-8,15H2,1-6H3. The van der Waals surface area contributed by atoms with E-state index in [1.54, 1.807) is 14.2 Å². The molecule has 6 nitrogen and oxygen atoms in total. The van der Waals surface area contributed by atoms with Gasteiger partial charge in [0.15, 0.2) is 0 Å². The molecular weight excluding hydrogens is 454 g/mol. The molecule has 0 unspecified atom stereocenters. The van der Waals surface area contributed by atoms with Crippen molar-refractivity contribution in [2.24, 2.45) is 7.05 Å². The minimum Gasteiger partial charge on any atom is -0.496 e. The van der Waals surface area contributed by atoms with Gasteiger partial charge in [-0.3, -0.25) is 0 Å². The van der Waals surface area contributed by atoms with Crippen LogP contribution in [-0.4, -0.2) is 36.6 Å². The zero-order valence-electron chi connectivity index (χ0n) is 20.0. The van der Waals surface area contributed by atoms with Crippen LogP contribution in [0.3, 0.4) is 0 Å². The Bertz CT molecular complexity index is 1270. The van der Waals surface area contributed by atoms with E-state index in [0.29, 0.717) is 12.4 Å². The SMILES string of the molecule is CCCc1c(OC)ccc2c1c(SC(C)(C)C)c(-c1nnn(C)n1)n2Cc1ccc(Cl)cc1. The molecule has 0 atom stereocenters. The third-order valence-corrected chi connectivity index (χ3v) is 6.82. The number of aromatic nitrogens is 5. The van der Waals surface area contributed by atoms with E-state index in [0.717, 1.165) is 40.4 Å². The number of nitrogens with zero attached hydrogens (tertiary/aromatic N) is 5. The Balaban J connectivity index is 2.08. The van der Waals surface area contributed by atoms with Gasteiger partial charge in [0.1, 0.15) is 11.4 Å². The van der Waals surface area contributed by atoms with E-state index in [4.69, 9.17) is 16.3 Å². The summed E-state index contributed by atoms with van der Waals surface area (Å²) in [5.74, 6) is 1.54. The zero-order valence-corrected chi connectivity index (χ0v) is 21.6. The normalized spacial score (nSPS) is 12.0. The molecule has 4 rings (SSSR count). The number of hydrogen-bond acceptors (Lipinski definition) is 5. The first-order chi connectivity index (χ1) is 15.7. The average Bonchev–Trinajstić information content (AvgIpc) is 3.30. The molecule has 0 saturated heterocycles. The molecule has 0 amide bonds. The maximum atomic E-state index is 6.15. The van der Waals surface area contributed by atoms with Gasteiger partial charge in [0, 0.05) is 32.2 Å². The molecule has 0 bridgehead atoms. The molecule has 0 aliphatic heterocycles. The summed E-state index contributed by atoms with van der Waals surface area (Å²) in [6.07, 6.45) is 1.95. The number of thioether (sulfide) groups is 1. The fraction of sp³-hybridized carbons (Fsp3) is 0.400. The van der Waals surface area contributed by atoms with Gasteiger partial charge in [-0.15, -0.1) is 22.0 Å². The number of methoxy groups -OCH3 is 1. The molecule has 0 N–H and O–H groups in total. The second-order valence-corrected chi connectivity index (χ2v) is 11.4. The van der Waals surface area contributed by atoms with E-state index in [2.05, 4.69) is 71.9 Å². The highest BCUT2D eigenvalue weighted by molar-refractivity contribution is 8.01. The molecule has 0 spiro atoms. The Hall–Kier alpha value is -2.51. The Morgan fingerprint density at radius 2 is 1.82 bits per heavy atom. The second kappa shape index (κ2) is 9.39. The van der Waals surface area contributed by atoms with E-state index in [9.17, 15) is 0 Å². The molecule has 2 aromatic heterocycles. The second-order valence-electron chi connectivity index (χ2n) is 9.10. The first-order valence-electron chi connectivity index (χ1n) is 11.1. The number of fused-ring (bicyclic) bond motifs is 1. The van der Waals surface area contributed by atoms with Crippen molar-refractivity contribution in [3.8, 4) is 17.3 Å². The van der Waals surface area contributed by atoms with Gasteiger partial charge in [-0.1, -0.05) is 57.8 Å². The summed E-state index contributed by atoms with van der Waals surface area (Å²) in [6, 6.07) is 12.2. The third-order valence-electron chi connectivity index (χ3n) is 5.35. The van der Waals surface area contributed by atoms with E-state index < -0.39 is 0 Å². The number of hydrogen-bond donors (Lipinski definition) is 0. The van der Waals surface area contributed by atoms with Crippen LogP contribution in [0.15, 0.2) is 41.3 Å². The van der Waals surface area contributed by atoms with E-state index >= 15 is 0 Å². The minimum atomic E-state index is -0.0110. The molecule has 0 radical (unpaired) electrons. The third kappa shape index (κ3) is 4.89. The van der Waals surface area contributed by atoms with Crippen LogP contribution in [0, 0.1) is 0 Å². The molecular formula is C25H30ClN5OS. The van der Waals surface area contributed by atoms with Gasteiger partial charge in [-0.2, -0.15) is 4.80 Å². The predicted octanol–water partition coefficient (Wildman–Crippen LogP) is 6.39. The lowest BCUT2D eigenvalue weighted by molar-refractivity contribution is 0.410. The van der Waals surface area contributed by atoms with Crippen LogP contribution in [0.1, 0.15) is 45.2 Å². The lowest BCUT2D eigenvalue weighted by Crippen LogP contribution is -2.08.